The van der Waals surface area contributed by atoms with Crippen molar-refractivity contribution in [3.05, 3.63) is 59.7 Å². The summed E-state index contributed by atoms with van der Waals surface area (Å²) in [5.41, 5.74) is 3.64. The molecule has 2 aromatic carbocycles. The molecule has 0 radical (unpaired) electrons. The summed E-state index contributed by atoms with van der Waals surface area (Å²) in [5.74, 6) is 0.0514. The van der Waals surface area contributed by atoms with Crippen molar-refractivity contribution in [3.8, 4) is 11.1 Å². The molecule has 7 heteroatoms. The molecular formula is C27H31N3O4. The number of hydrogen-bond donors (Lipinski definition) is 1. The average Bonchev–Trinajstić information content (AvgIpc) is 2.79. The number of rotatable bonds is 5. The highest BCUT2D eigenvalue weighted by atomic mass is 16.3. The Balaban J connectivity index is 1.36. The van der Waals surface area contributed by atoms with E-state index in [1.807, 2.05) is 48.5 Å². The fourth-order valence-corrected chi connectivity index (χ4v) is 5.57. The first-order valence-electron chi connectivity index (χ1n) is 12.0. The molecule has 2 aliphatic heterocycles. The number of fused-ring (bicyclic) bond motifs is 1. The van der Waals surface area contributed by atoms with Crippen LogP contribution in [-0.2, 0) is 9.59 Å². The number of piperazine rings is 1. The second kappa shape index (κ2) is 8.87. The number of nitrogens with zero attached hydrogens (tertiary/aromatic N) is 3. The Morgan fingerprint density at radius 1 is 1.06 bits per heavy atom. The van der Waals surface area contributed by atoms with Gasteiger partial charge in [-0.2, -0.15) is 0 Å². The van der Waals surface area contributed by atoms with Gasteiger partial charge in [-0.25, -0.2) is 0 Å². The van der Waals surface area contributed by atoms with E-state index in [1.54, 1.807) is 28.8 Å². The van der Waals surface area contributed by atoms with Crippen LogP contribution in [0.25, 0.3) is 11.1 Å². The van der Waals surface area contributed by atoms with E-state index in [0.717, 1.165) is 36.0 Å². The van der Waals surface area contributed by atoms with Gasteiger partial charge >= 0.3 is 0 Å². The summed E-state index contributed by atoms with van der Waals surface area (Å²) in [6.45, 7) is 0.550. The molecule has 2 aromatic rings. The highest BCUT2D eigenvalue weighted by molar-refractivity contribution is 5.95. The normalized spacial score (nSPS) is 24.2. The van der Waals surface area contributed by atoms with Crippen LogP contribution in [-0.4, -0.2) is 83.4 Å². The molecule has 3 amide bonds. The lowest BCUT2D eigenvalue weighted by Crippen LogP contribution is -2.73. The molecule has 2 heterocycles. The van der Waals surface area contributed by atoms with Crippen LogP contribution in [0.5, 0.6) is 0 Å². The fraction of sp³-hybridized carbons (Fsp3) is 0.444. The van der Waals surface area contributed by atoms with Crippen LogP contribution in [0.3, 0.4) is 0 Å². The summed E-state index contributed by atoms with van der Waals surface area (Å²) in [6.07, 6.45) is 2.92. The zero-order chi connectivity index (χ0) is 24.0. The summed E-state index contributed by atoms with van der Waals surface area (Å²) in [7, 11) is 3.47. The maximum absolute atomic E-state index is 12.8. The molecule has 0 unspecified atom stereocenters. The van der Waals surface area contributed by atoms with E-state index in [-0.39, 0.29) is 54.8 Å². The third kappa shape index (κ3) is 3.78. The Morgan fingerprint density at radius 3 is 2.41 bits per heavy atom. The zero-order valence-electron chi connectivity index (χ0n) is 19.7. The lowest BCUT2D eigenvalue weighted by molar-refractivity contribution is -0.169. The van der Waals surface area contributed by atoms with Gasteiger partial charge in [-0.3, -0.25) is 14.4 Å². The van der Waals surface area contributed by atoms with Gasteiger partial charge in [0.1, 0.15) is 0 Å². The van der Waals surface area contributed by atoms with Crippen LogP contribution in [0.1, 0.15) is 41.1 Å². The van der Waals surface area contributed by atoms with Gasteiger partial charge in [-0.1, -0.05) is 42.8 Å². The van der Waals surface area contributed by atoms with Gasteiger partial charge in [0.15, 0.2) is 0 Å². The summed E-state index contributed by atoms with van der Waals surface area (Å²) in [5, 5.41) is 10.0. The molecule has 34 heavy (non-hydrogen) atoms. The number of carbonyl (C=O) groups excluding carboxylic acids is 3. The van der Waals surface area contributed by atoms with Crippen molar-refractivity contribution in [2.75, 3.05) is 33.8 Å². The second-order valence-corrected chi connectivity index (χ2v) is 9.89. The van der Waals surface area contributed by atoms with Crippen molar-refractivity contribution >= 4 is 17.7 Å². The minimum atomic E-state index is -0.259. The molecule has 2 saturated heterocycles. The predicted octanol–water partition coefficient (Wildman–Crippen LogP) is 2.35. The standard InChI is InChI=1S/C27H31N3O4/c1-28(2)26(33)21-8-4-7-20(13-21)17-9-11-18(12-10-17)25-22-14-29(27(34)19-5-3-6-19)15-24(32)30(22)23(25)16-31/h4,7-13,19,22-23,25,31H,3,5-6,14-16H2,1-2H3/t22-,23-,25-/m0/s1. The maximum Gasteiger partial charge on any atom is 0.253 e. The topological polar surface area (TPSA) is 81.2 Å². The van der Waals surface area contributed by atoms with E-state index in [1.165, 1.54) is 0 Å². The Labute approximate surface area is 200 Å². The van der Waals surface area contributed by atoms with Crippen LogP contribution in [0, 0.1) is 5.92 Å². The smallest absolute Gasteiger partial charge is 0.253 e. The van der Waals surface area contributed by atoms with Gasteiger partial charge in [0, 0.05) is 38.0 Å². The van der Waals surface area contributed by atoms with E-state index in [0.29, 0.717) is 12.1 Å². The Kier molecular flexibility index (Phi) is 5.90. The quantitative estimate of drug-likeness (QED) is 0.741. The Hall–Kier alpha value is -3.19. The lowest BCUT2D eigenvalue weighted by atomic mass is 9.73. The maximum atomic E-state index is 12.8. The van der Waals surface area contributed by atoms with E-state index < -0.39 is 0 Å². The molecule has 1 N–H and O–H groups in total. The number of carbonyl (C=O) groups is 3. The number of benzene rings is 2. The molecule has 0 bridgehead atoms. The average molecular weight is 462 g/mol. The Bertz CT molecular complexity index is 1110. The van der Waals surface area contributed by atoms with Gasteiger partial charge < -0.3 is 19.8 Å². The van der Waals surface area contributed by atoms with Gasteiger partial charge in [-0.15, -0.1) is 0 Å². The van der Waals surface area contributed by atoms with Crippen LogP contribution in [0.15, 0.2) is 48.5 Å². The minimum Gasteiger partial charge on any atom is -0.394 e. The first-order valence-corrected chi connectivity index (χ1v) is 12.0. The van der Waals surface area contributed by atoms with Crippen LogP contribution < -0.4 is 0 Å². The van der Waals surface area contributed by atoms with E-state index in [4.69, 9.17) is 0 Å². The van der Waals surface area contributed by atoms with Gasteiger partial charge in [0.25, 0.3) is 5.91 Å². The molecule has 178 valence electrons. The van der Waals surface area contributed by atoms with Gasteiger partial charge in [0.05, 0.1) is 25.2 Å². The van der Waals surface area contributed by atoms with Crippen LogP contribution in [0.4, 0.5) is 0 Å². The van der Waals surface area contributed by atoms with Crippen molar-refractivity contribution in [2.45, 2.75) is 37.3 Å². The SMILES string of the molecule is CN(C)C(=O)c1cccc(-c2ccc([C@@H]3[C@H](CO)N4C(=O)CN(C(=O)C5CCC5)C[C@@H]34)cc2)c1. The highest BCUT2D eigenvalue weighted by Gasteiger charge is 2.54. The number of amides is 3. The molecule has 3 fully saturated rings. The summed E-state index contributed by atoms with van der Waals surface area (Å²) in [4.78, 5) is 43.0. The molecule has 1 aliphatic carbocycles. The van der Waals surface area contributed by atoms with E-state index >= 15 is 0 Å². The molecule has 3 aliphatic rings. The van der Waals surface area contributed by atoms with Crippen molar-refractivity contribution in [2.24, 2.45) is 5.92 Å². The monoisotopic (exact) mass is 461 g/mol. The first kappa shape index (κ1) is 22.6. The molecule has 0 aromatic heterocycles. The molecule has 3 atom stereocenters. The molecule has 7 nitrogen and oxygen atoms in total. The number of hydrogen-bond acceptors (Lipinski definition) is 4. The molecule has 5 rings (SSSR count). The van der Waals surface area contributed by atoms with Crippen molar-refractivity contribution in [1.82, 2.24) is 14.7 Å². The van der Waals surface area contributed by atoms with E-state index in [2.05, 4.69) is 0 Å². The van der Waals surface area contributed by atoms with Crippen LogP contribution >= 0.6 is 0 Å². The summed E-state index contributed by atoms with van der Waals surface area (Å²) < 4.78 is 0. The fourth-order valence-electron chi connectivity index (χ4n) is 5.57. The first-order chi connectivity index (χ1) is 16.4. The number of aliphatic hydroxyl groups excluding tert-OH is 1. The highest BCUT2D eigenvalue weighted by Crippen LogP contribution is 2.44. The van der Waals surface area contributed by atoms with Crippen LogP contribution in [0.2, 0.25) is 0 Å². The predicted molar refractivity (Wildman–Crippen MR) is 128 cm³/mol. The minimum absolute atomic E-state index is 0.0124. The lowest BCUT2D eigenvalue weighted by Gasteiger charge is -2.59. The van der Waals surface area contributed by atoms with Crippen molar-refractivity contribution < 1.29 is 19.5 Å². The van der Waals surface area contributed by atoms with Crippen molar-refractivity contribution in [3.63, 3.8) is 0 Å². The zero-order valence-corrected chi connectivity index (χ0v) is 19.7. The van der Waals surface area contributed by atoms with Gasteiger partial charge in [-0.05, 0) is 41.7 Å². The second-order valence-electron chi connectivity index (χ2n) is 9.89. The summed E-state index contributed by atoms with van der Waals surface area (Å²) >= 11 is 0. The summed E-state index contributed by atoms with van der Waals surface area (Å²) in [6, 6.07) is 15.3. The van der Waals surface area contributed by atoms with Crippen molar-refractivity contribution in [1.29, 1.82) is 0 Å². The Morgan fingerprint density at radius 2 is 1.79 bits per heavy atom. The van der Waals surface area contributed by atoms with E-state index in [9.17, 15) is 19.5 Å². The van der Waals surface area contributed by atoms with Gasteiger partial charge in [0.2, 0.25) is 11.8 Å². The third-order valence-corrected chi connectivity index (χ3v) is 7.66. The third-order valence-electron chi connectivity index (χ3n) is 7.66. The molecule has 1 saturated carbocycles. The number of aliphatic hydroxyl groups is 1. The molecular weight excluding hydrogens is 430 g/mol. The molecule has 0 spiro atoms. The largest absolute Gasteiger partial charge is 0.394 e.